The van der Waals surface area contributed by atoms with Gasteiger partial charge < -0.3 is 5.11 Å². The second-order valence-corrected chi connectivity index (χ2v) is 4.72. The minimum absolute atomic E-state index is 0.218. The van der Waals surface area contributed by atoms with Crippen LogP contribution in [0.4, 0.5) is 5.95 Å². The Kier molecular flexibility index (Phi) is 3.30. The molecule has 3 rings (SSSR count). The van der Waals surface area contributed by atoms with Gasteiger partial charge in [-0.05, 0) is 29.8 Å². The molecule has 0 unspecified atom stereocenters. The number of amides is 1. The van der Waals surface area contributed by atoms with Gasteiger partial charge in [-0.1, -0.05) is 12.1 Å². The predicted octanol–water partition coefficient (Wildman–Crippen LogP) is 2.05. The van der Waals surface area contributed by atoms with E-state index in [1.807, 2.05) is 12.1 Å². The molecule has 2 aromatic heterocycles. The van der Waals surface area contributed by atoms with E-state index >= 15 is 0 Å². The van der Waals surface area contributed by atoms with E-state index in [9.17, 15) is 9.59 Å². The van der Waals surface area contributed by atoms with Crippen LogP contribution in [0, 0.1) is 0 Å². The van der Waals surface area contributed by atoms with Gasteiger partial charge in [0, 0.05) is 18.7 Å². The molecule has 0 bridgehead atoms. The van der Waals surface area contributed by atoms with E-state index in [-0.39, 0.29) is 17.4 Å². The number of anilines is 1. The molecule has 7 nitrogen and oxygen atoms in total. The van der Waals surface area contributed by atoms with Crippen molar-refractivity contribution >= 4 is 23.5 Å². The summed E-state index contributed by atoms with van der Waals surface area (Å²) in [7, 11) is 0. The first-order chi connectivity index (χ1) is 10.5. The average molecular weight is 296 g/mol. The van der Waals surface area contributed by atoms with E-state index < -0.39 is 5.97 Å². The molecular weight excluding hydrogens is 284 g/mol. The SMILES string of the molecule is CC(=O)Nc1nc2ccc(-c3cccc(C(=O)O)c3)cn2n1. The highest BCUT2D eigenvalue weighted by Crippen LogP contribution is 2.21. The second-order valence-electron chi connectivity index (χ2n) is 4.72. The van der Waals surface area contributed by atoms with Gasteiger partial charge in [-0.2, -0.15) is 4.98 Å². The molecule has 2 N–H and O–H groups in total. The van der Waals surface area contributed by atoms with Crippen LogP contribution in [-0.2, 0) is 4.79 Å². The fourth-order valence-corrected chi connectivity index (χ4v) is 2.10. The molecule has 0 spiro atoms. The number of pyridine rings is 1. The van der Waals surface area contributed by atoms with E-state index in [4.69, 9.17) is 5.11 Å². The molecule has 0 radical (unpaired) electrons. The van der Waals surface area contributed by atoms with Gasteiger partial charge in [0.15, 0.2) is 5.65 Å². The van der Waals surface area contributed by atoms with Crippen molar-refractivity contribution < 1.29 is 14.7 Å². The largest absolute Gasteiger partial charge is 0.478 e. The molecule has 22 heavy (non-hydrogen) atoms. The Bertz CT molecular complexity index is 885. The van der Waals surface area contributed by atoms with Crippen LogP contribution in [0.1, 0.15) is 17.3 Å². The van der Waals surface area contributed by atoms with Crippen molar-refractivity contribution in [2.24, 2.45) is 0 Å². The summed E-state index contributed by atoms with van der Waals surface area (Å²) in [4.78, 5) is 26.2. The van der Waals surface area contributed by atoms with Crippen molar-refractivity contribution in [2.45, 2.75) is 6.92 Å². The number of hydrogen-bond acceptors (Lipinski definition) is 4. The summed E-state index contributed by atoms with van der Waals surface area (Å²) >= 11 is 0. The topological polar surface area (TPSA) is 96.6 Å². The van der Waals surface area contributed by atoms with Crippen LogP contribution in [-0.4, -0.2) is 31.6 Å². The Morgan fingerprint density at radius 2 is 2.00 bits per heavy atom. The lowest BCUT2D eigenvalue weighted by atomic mass is 10.1. The summed E-state index contributed by atoms with van der Waals surface area (Å²) in [5.41, 5.74) is 2.37. The third kappa shape index (κ3) is 2.64. The lowest BCUT2D eigenvalue weighted by Crippen LogP contribution is -2.07. The standard InChI is InChI=1S/C15H12N4O3/c1-9(20)16-15-17-13-6-5-12(8-19(13)18-15)10-3-2-4-11(7-10)14(21)22/h2-8H,1H3,(H,21,22)(H,16,18,20). The highest BCUT2D eigenvalue weighted by molar-refractivity contribution is 5.89. The van der Waals surface area contributed by atoms with Crippen molar-refractivity contribution in [1.29, 1.82) is 0 Å². The molecule has 1 amide bonds. The Morgan fingerprint density at radius 1 is 1.18 bits per heavy atom. The molecular formula is C15H12N4O3. The van der Waals surface area contributed by atoms with Crippen LogP contribution >= 0.6 is 0 Å². The molecule has 110 valence electrons. The number of carboxylic acids is 1. The molecule has 1 aromatic carbocycles. The normalized spacial score (nSPS) is 10.6. The summed E-state index contributed by atoms with van der Waals surface area (Å²) in [5.74, 6) is -0.995. The molecule has 7 heteroatoms. The summed E-state index contributed by atoms with van der Waals surface area (Å²) in [6.07, 6.45) is 1.73. The van der Waals surface area contributed by atoms with Crippen molar-refractivity contribution in [1.82, 2.24) is 14.6 Å². The van der Waals surface area contributed by atoms with Gasteiger partial charge in [-0.15, -0.1) is 5.10 Å². The second kappa shape index (κ2) is 5.28. The number of carboxylic acid groups (broad SMARTS) is 1. The Labute approximate surface area is 125 Å². The fourth-order valence-electron chi connectivity index (χ4n) is 2.10. The minimum Gasteiger partial charge on any atom is -0.478 e. The maximum atomic E-state index is 11.0. The minimum atomic E-state index is -0.975. The average Bonchev–Trinajstić information content (AvgIpc) is 2.87. The highest BCUT2D eigenvalue weighted by Gasteiger charge is 2.08. The summed E-state index contributed by atoms with van der Waals surface area (Å²) in [6.45, 7) is 1.38. The highest BCUT2D eigenvalue weighted by atomic mass is 16.4. The molecule has 0 aliphatic rings. The molecule has 0 fully saturated rings. The number of carbonyl (C=O) groups excluding carboxylic acids is 1. The number of hydrogen-bond donors (Lipinski definition) is 2. The van der Waals surface area contributed by atoms with Gasteiger partial charge in [-0.25, -0.2) is 9.31 Å². The van der Waals surface area contributed by atoms with Crippen LogP contribution in [0.15, 0.2) is 42.6 Å². The number of nitrogens with zero attached hydrogens (tertiary/aromatic N) is 3. The van der Waals surface area contributed by atoms with Crippen LogP contribution in [0.3, 0.4) is 0 Å². The van der Waals surface area contributed by atoms with Crippen molar-refractivity contribution in [3.63, 3.8) is 0 Å². The van der Waals surface area contributed by atoms with Gasteiger partial charge >= 0.3 is 5.97 Å². The summed E-state index contributed by atoms with van der Waals surface area (Å²) < 4.78 is 1.54. The van der Waals surface area contributed by atoms with Crippen molar-refractivity contribution in [3.05, 3.63) is 48.2 Å². The van der Waals surface area contributed by atoms with Gasteiger partial charge in [0.05, 0.1) is 5.56 Å². The lowest BCUT2D eigenvalue weighted by molar-refractivity contribution is -0.114. The van der Waals surface area contributed by atoms with E-state index in [1.54, 1.807) is 24.4 Å². The summed E-state index contributed by atoms with van der Waals surface area (Å²) in [6, 6.07) is 10.2. The predicted molar refractivity (Wildman–Crippen MR) is 79.7 cm³/mol. The molecule has 0 atom stereocenters. The van der Waals surface area contributed by atoms with Gasteiger partial charge in [0.25, 0.3) is 0 Å². The van der Waals surface area contributed by atoms with Gasteiger partial charge in [0.1, 0.15) is 0 Å². The van der Waals surface area contributed by atoms with Gasteiger partial charge in [0.2, 0.25) is 11.9 Å². The number of benzene rings is 1. The zero-order valence-corrected chi connectivity index (χ0v) is 11.6. The van der Waals surface area contributed by atoms with Crippen LogP contribution < -0.4 is 5.32 Å². The van der Waals surface area contributed by atoms with Crippen molar-refractivity contribution in [2.75, 3.05) is 5.32 Å². The third-order valence-corrected chi connectivity index (χ3v) is 3.06. The molecule has 0 saturated heterocycles. The number of fused-ring (bicyclic) bond motifs is 1. The Balaban J connectivity index is 2.02. The number of carbonyl (C=O) groups is 2. The smallest absolute Gasteiger partial charge is 0.335 e. The van der Waals surface area contributed by atoms with E-state index in [2.05, 4.69) is 15.4 Å². The zero-order valence-electron chi connectivity index (χ0n) is 11.6. The number of rotatable bonds is 3. The first-order valence-electron chi connectivity index (χ1n) is 6.51. The molecule has 0 saturated carbocycles. The van der Waals surface area contributed by atoms with Crippen LogP contribution in [0.2, 0.25) is 0 Å². The Hall–Kier alpha value is -3.22. The number of aromatic carboxylic acids is 1. The molecule has 2 heterocycles. The van der Waals surface area contributed by atoms with Crippen molar-refractivity contribution in [3.8, 4) is 11.1 Å². The molecule has 0 aliphatic heterocycles. The van der Waals surface area contributed by atoms with Crippen LogP contribution in [0.5, 0.6) is 0 Å². The quantitative estimate of drug-likeness (QED) is 0.771. The summed E-state index contributed by atoms with van der Waals surface area (Å²) in [5, 5.41) is 15.7. The third-order valence-electron chi connectivity index (χ3n) is 3.06. The fraction of sp³-hybridized carbons (Fsp3) is 0.0667. The van der Waals surface area contributed by atoms with E-state index in [1.165, 1.54) is 17.5 Å². The number of nitrogens with one attached hydrogen (secondary N) is 1. The maximum Gasteiger partial charge on any atom is 0.335 e. The van der Waals surface area contributed by atoms with E-state index in [0.717, 1.165) is 11.1 Å². The Morgan fingerprint density at radius 3 is 2.73 bits per heavy atom. The first-order valence-corrected chi connectivity index (χ1v) is 6.51. The first kappa shape index (κ1) is 13.7. The molecule has 3 aromatic rings. The number of aromatic nitrogens is 3. The van der Waals surface area contributed by atoms with E-state index in [0.29, 0.717) is 5.65 Å². The van der Waals surface area contributed by atoms with Crippen LogP contribution in [0.25, 0.3) is 16.8 Å². The maximum absolute atomic E-state index is 11.0. The van der Waals surface area contributed by atoms with Gasteiger partial charge in [-0.3, -0.25) is 10.1 Å². The molecule has 0 aliphatic carbocycles. The monoisotopic (exact) mass is 296 g/mol. The zero-order chi connectivity index (χ0) is 15.7. The lowest BCUT2D eigenvalue weighted by Gasteiger charge is -2.03.